The van der Waals surface area contributed by atoms with Crippen molar-refractivity contribution < 1.29 is 8.83 Å². The molecule has 4 aromatic heterocycles. The Hall–Kier alpha value is -10.2. The largest absolute Gasteiger partial charge is 0.456 e. The van der Waals surface area contributed by atoms with E-state index in [2.05, 4.69) is 194 Å². The van der Waals surface area contributed by atoms with Crippen molar-refractivity contribution in [2.24, 2.45) is 0 Å². The smallest absolute Gasteiger partial charge is 0.164 e. The SMILES string of the molecule is CC1(C)c2ccccc2-c2c(-c3cccc(-c4cccc5c6cc(-c7cccc8c7oc7ccccc78)ccc6n(-c6cccc(-c7nc(-c8ccccc8)nc(-c8ccc9c(c8)oc8ccccc89)n7)c6)c45)c3)cccc21. The Kier molecular flexibility index (Phi) is 9.58. The third-order valence-electron chi connectivity index (χ3n) is 16.3. The Morgan fingerprint density at radius 3 is 1.71 bits per heavy atom. The molecule has 0 fully saturated rings. The topological polar surface area (TPSA) is 69.9 Å². The van der Waals surface area contributed by atoms with E-state index >= 15 is 0 Å². The summed E-state index contributed by atoms with van der Waals surface area (Å²) in [6.07, 6.45) is 0. The molecule has 0 radical (unpaired) electrons. The van der Waals surface area contributed by atoms with Gasteiger partial charge in [0, 0.05) is 71.2 Å². The van der Waals surface area contributed by atoms with E-state index in [1.54, 1.807) is 0 Å². The predicted molar refractivity (Wildman–Crippen MR) is 319 cm³/mol. The third-order valence-corrected chi connectivity index (χ3v) is 16.3. The maximum absolute atomic E-state index is 6.63. The van der Waals surface area contributed by atoms with Crippen LogP contribution in [0.25, 0.3) is 150 Å². The van der Waals surface area contributed by atoms with Crippen molar-refractivity contribution in [2.45, 2.75) is 19.3 Å². The second-order valence-electron chi connectivity index (χ2n) is 21.1. The van der Waals surface area contributed by atoms with Gasteiger partial charge in [-0.15, -0.1) is 0 Å². The van der Waals surface area contributed by atoms with Gasteiger partial charge >= 0.3 is 0 Å². The summed E-state index contributed by atoms with van der Waals surface area (Å²) in [5, 5.41) is 6.62. The van der Waals surface area contributed by atoms with E-state index < -0.39 is 0 Å². The van der Waals surface area contributed by atoms with E-state index in [0.29, 0.717) is 17.5 Å². The first kappa shape index (κ1) is 44.2. The highest BCUT2D eigenvalue weighted by atomic mass is 16.3. The number of hydrogen-bond donors (Lipinski definition) is 0. The van der Waals surface area contributed by atoms with Crippen molar-refractivity contribution in [2.75, 3.05) is 0 Å². The van der Waals surface area contributed by atoms with E-state index in [4.69, 9.17) is 23.8 Å². The second-order valence-corrected chi connectivity index (χ2v) is 21.1. The van der Waals surface area contributed by atoms with Crippen molar-refractivity contribution >= 4 is 65.7 Å². The average Bonchev–Trinajstić information content (AvgIpc) is 4.44. The standard InChI is InChI=1S/C72H46N4O2/c1-72(2)60-31-9-6-25-58(60)66-50(26-16-32-61(66)72)44-19-12-20-45(39-44)51-27-14-29-56-59-41-46(52-28-15-30-57-54-24-8-11-34-64(54)78-68(52)57)36-38-62(59)76(67(51)56)49-22-13-21-47(40-49)70-73-69(43-17-4-3-5-18-43)74-71(75-70)48-35-37-55-53-23-7-10-33-63(53)77-65(55)42-48/h3-42H,1-2H3. The maximum Gasteiger partial charge on any atom is 0.164 e. The molecule has 11 aromatic carbocycles. The average molecular weight is 999 g/mol. The van der Waals surface area contributed by atoms with E-state index in [-0.39, 0.29) is 5.41 Å². The molecule has 0 saturated carbocycles. The number of fused-ring (bicyclic) bond motifs is 12. The summed E-state index contributed by atoms with van der Waals surface area (Å²) in [4.78, 5) is 15.6. The van der Waals surface area contributed by atoms with Gasteiger partial charge in [0.05, 0.1) is 11.0 Å². The molecule has 6 heteroatoms. The van der Waals surface area contributed by atoms with E-state index in [9.17, 15) is 0 Å². The quantitative estimate of drug-likeness (QED) is 0.159. The molecule has 1 aliphatic carbocycles. The number of benzene rings is 11. The Morgan fingerprint density at radius 2 is 0.872 bits per heavy atom. The van der Waals surface area contributed by atoms with E-state index in [0.717, 1.165) is 110 Å². The van der Waals surface area contributed by atoms with Gasteiger partial charge < -0.3 is 13.4 Å². The van der Waals surface area contributed by atoms with E-state index in [1.165, 1.54) is 33.4 Å². The minimum Gasteiger partial charge on any atom is -0.456 e. The minimum atomic E-state index is -0.106. The highest BCUT2D eigenvalue weighted by molar-refractivity contribution is 6.16. The van der Waals surface area contributed by atoms with Crippen LogP contribution in [-0.2, 0) is 5.41 Å². The monoisotopic (exact) mass is 998 g/mol. The van der Waals surface area contributed by atoms with Crippen molar-refractivity contribution in [3.8, 4) is 84.4 Å². The fraction of sp³-hybridized carbons (Fsp3) is 0.0417. The molecule has 0 spiro atoms. The molecule has 0 N–H and O–H groups in total. The van der Waals surface area contributed by atoms with Gasteiger partial charge in [-0.2, -0.15) is 0 Å². The van der Waals surface area contributed by atoms with Crippen LogP contribution in [0.2, 0.25) is 0 Å². The van der Waals surface area contributed by atoms with Gasteiger partial charge in [0.1, 0.15) is 22.3 Å². The third kappa shape index (κ3) is 6.73. The molecule has 4 heterocycles. The summed E-state index contributed by atoms with van der Waals surface area (Å²) in [5.74, 6) is 1.72. The summed E-state index contributed by atoms with van der Waals surface area (Å²) in [6.45, 7) is 4.69. The molecule has 15 aromatic rings. The first-order valence-corrected chi connectivity index (χ1v) is 26.6. The number of rotatable bonds is 7. The number of aromatic nitrogens is 4. The van der Waals surface area contributed by atoms with Gasteiger partial charge in [-0.3, -0.25) is 0 Å². The summed E-state index contributed by atoms with van der Waals surface area (Å²) in [5.41, 5.74) is 21.2. The Morgan fingerprint density at radius 1 is 0.333 bits per heavy atom. The zero-order chi connectivity index (χ0) is 51.6. The Balaban J connectivity index is 0.902. The lowest BCUT2D eigenvalue weighted by atomic mass is 9.82. The molecule has 0 amide bonds. The maximum atomic E-state index is 6.63. The number of nitrogens with zero attached hydrogens (tertiary/aromatic N) is 4. The van der Waals surface area contributed by atoms with Crippen molar-refractivity contribution in [1.82, 2.24) is 19.5 Å². The zero-order valence-corrected chi connectivity index (χ0v) is 42.7. The number of furan rings is 2. The molecule has 0 unspecified atom stereocenters. The van der Waals surface area contributed by atoms with Crippen LogP contribution in [0.4, 0.5) is 0 Å². The van der Waals surface area contributed by atoms with Gasteiger partial charge in [-0.25, -0.2) is 15.0 Å². The fourth-order valence-corrected chi connectivity index (χ4v) is 12.6. The summed E-state index contributed by atoms with van der Waals surface area (Å²) in [7, 11) is 0. The number of para-hydroxylation sites is 4. The molecule has 16 rings (SSSR count). The van der Waals surface area contributed by atoms with Crippen LogP contribution in [-0.4, -0.2) is 19.5 Å². The van der Waals surface area contributed by atoms with Gasteiger partial charge in [0.15, 0.2) is 17.5 Å². The van der Waals surface area contributed by atoms with Gasteiger partial charge in [0.2, 0.25) is 0 Å². The Labute approximate surface area is 449 Å². The van der Waals surface area contributed by atoms with Crippen LogP contribution in [0.5, 0.6) is 0 Å². The first-order chi connectivity index (χ1) is 38.4. The lowest BCUT2D eigenvalue weighted by Crippen LogP contribution is -2.14. The molecule has 366 valence electrons. The van der Waals surface area contributed by atoms with Crippen LogP contribution < -0.4 is 0 Å². The van der Waals surface area contributed by atoms with Gasteiger partial charge in [-0.05, 0) is 99.1 Å². The van der Waals surface area contributed by atoms with Crippen molar-refractivity contribution in [3.63, 3.8) is 0 Å². The van der Waals surface area contributed by atoms with Crippen LogP contribution in [0.3, 0.4) is 0 Å². The van der Waals surface area contributed by atoms with Crippen LogP contribution >= 0.6 is 0 Å². The highest BCUT2D eigenvalue weighted by Crippen LogP contribution is 2.52. The van der Waals surface area contributed by atoms with Gasteiger partial charge in [0.25, 0.3) is 0 Å². The molecule has 0 bridgehead atoms. The lowest BCUT2D eigenvalue weighted by molar-refractivity contribution is 0.660. The molecular formula is C72H46N4O2. The zero-order valence-electron chi connectivity index (χ0n) is 42.7. The summed E-state index contributed by atoms with van der Waals surface area (Å²) < 4.78 is 15.4. The van der Waals surface area contributed by atoms with Crippen LogP contribution in [0, 0.1) is 0 Å². The van der Waals surface area contributed by atoms with Crippen molar-refractivity contribution in [1.29, 1.82) is 0 Å². The fourth-order valence-electron chi connectivity index (χ4n) is 12.6. The predicted octanol–water partition coefficient (Wildman–Crippen LogP) is 19.1. The first-order valence-electron chi connectivity index (χ1n) is 26.6. The molecule has 0 aliphatic heterocycles. The molecule has 1 aliphatic rings. The summed E-state index contributed by atoms with van der Waals surface area (Å²) >= 11 is 0. The lowest BCUT2D eigenvalue weighted by Gasteiger charge is -2.21. The molecule has 78 heavy (non-hydrogen) atoms. The molecule has 6 nitrogen and oxygen atoms in total. The van der Waals surface area contributed by atoms with Crippen LogP contribution in [0.15, 0.2) is 251 Å². The minimum absolute atomic E-state index is 0.106. The highest BCUT2D eigenvalue weighted by Gasteiger charge is 2.36. The molecule has 0 saturated heterocycles. The van der Waals surface area contributed by atoms with E-state index in [1.807, 2.05) is 66.7 Å². The molecule has 0 atom stereocenters. The summed E-state index contributed by atoms with van der Waals surface area (Å²) in [6, 6.07) is 86.3. The second kappa shape index (κ2) is 16.9. The number of hydrogen-bond acceptors (Lipinski definition) is 5. The van der Waals surface area contributed by atoms with Crippen LogP contribution in [0.1, 0.15) is 25.0 Å². The normalized spacial score (nSPS) is 12.8. The molecular weight excluding hydrogens is 953 g/mol. The Bertz CT molecular complexity index is 4960. The van der Waals surface area contributed by atoms with Gasteiger partial charge in [-0.1, -0.05) is 202 Å². The van der Waals surface area contributed by atoms with Crippen molar-refractivity contribution in [3.05, 3.63) is 254 Å².